The molecule has 0 bridgehead atoms. The maximum absolute atomic E-state index is 9.38. The number of aromatic nitrogens is 1. The van der Waals surface area contributed by atoms with Gasteiger partial charge in [0.25, 0.3) is 0 Å². The van der Waals surface area contributed by atoms with Crippen molar-refractivity contribution in [1.29, 1.82) is 0 Å². The van der Waals surface area contributed by atoms with Gasteiger partial charge in [0.2, 0.25) is 0 Å². The SMILES string of the molecule is Nc1cc(Cl)nc(N2CC(O)C(O)C2)c1. The van der Waals surface area contributed by atoms with Gasteiger partial charge >= 0.3 is 0 Å². The Morgan fingerprint density at radius 2 is 1.93 bits per heavy atom. The first-order valence-corrected chi connectivity index (χ1v) is 4.98. The first kappa shape index (κ1) is 10.5. The van der Waals surface area contributed by atoms with Gasteiger partial charge in [-0.15, -0.1) is 0 Å². The normalized spacial score (nSPS) is 25.9. The van der Waals surface area contributed by atoms with E-state index in [0.29, 0.717) is 29.7 Å². The fraction of sp³-hybridized carbons (Fsp3) is 0.444. The first-order chi connectivity index (χ1) is 7.06. The van der Waals surface area contributed by atoms with Crippen molar-refractivity contribution < 1.29 is 10.2 Å². The number of nitrogens with two attached hydrogens (primary N) is 1. The Morgan fingerprint density at radius 1 is 1.33 bits per heavy atom. The summed E-state index contributed by atoms with van der Waals surface area (Å²) in [5.41, 5.74) is 6.13. The van der Waals surface area contributed by atoms with Crippen LogP contribution in [0.4, 0.5) is 11.5 Å². The third-order valence-corrected chi connectivity index (χ3v) is 2.58. The van der Waals surface area contributed by atoms with Gasteiger partial charge in [0.15, 0.2) is 0 Å². The van der Waals surface area contributed by atoms with Gasteiger partial charge in [-0.05, 0) is 6.07 Å². The lowest BCUT2D eigenvalue weighted by Crippen LogP contribution is -2.22. The highest BCUT2D eigenvalue weighted by atomic mass is 35.5. The summed E-state index contributed by atoms with van der Waals surface area (Å²) in [5, 5.41) is 19.1. The Bertz CT molecular complexity index is 344. The Kier molecular flexibility index (Phi) is 2.68. The summed E-state index contributed by atoms with van der Waals surface area (Å²) < 4.78 is 0. The summed E-state index contributed by atoms with van der Waals surface area (Å²) in [4.78, 5) is 5.82. The Labute approximate surface area is 92.1 Å². The average Bonchev–Trinajstić information content (AvgIpc) is 2.45. The van der Waals surface area contributed by atoms with Crippen molar-refractivity contribution in [2.75, 3.05) is 23.7 Å². The summed E-state index contributed by atoms with van der Waals surface area (Å²) in [6, 6.07) is 3.21. The zero-order valence-electron chi connectivity index (χ0n) is 7.97. The maximum atomic E-state index is 9.38. The fourth-order valence-corrected chi connectivity index (χ4v) is 1.83. The third kappa shape index (κ3) is 2.14. The van der Waals surface area contributed by atoms with Gasteiger partial charge in [-0.25, -0.2) is 4.98 Å². The van der Waals surface area contributed by atoms with Crippen molar-refractivity contribution in [2.45, 2.75) is 12.2 Å². The average molecular weight is 230 g/mol. The standard InChI is InChI=1S/C9H12ClN3O2/c10-8-1-5(11)2-9(12-8)13-3-6(14)7(15)4-13/h1-2,6-7,14-15H,3-4H2,(H2,11,12). The molecule has 2 atom stereocenters. The van der Waals surface area contributed by atoms with Crippen LogP contribution in [0, 0.1) is 0 Å². The number of nitrogen functional groups attached to an aromatic ring is 1. The van der Waals surface area contributed by atoms with E-state index in [0.717, 1.165) is 0 Å². The lowest BCUT2D eigenvalue weighted by atomic mass is 10.3. The largest absolute Gasteiger partial charge is 0.399 e. The molecule has 0 radical (unpaired) electrons. The van der Waals surface area contributed by atoms with Crippen LogP contribution in [0.1, 0.15) is 0 Å². The van der Waals surface area contributed by atoms with E-state index in [-0.39, 0.29) is 0 Å². The van der Waals surface area contributed by atoms with Crippen LogP contribution in [-0.4, -0.2) is 40.5 Å². The number of halogens is 1. The molecular formula is C9H12ClN3O2. The van der Waals surface area contributed by atoms with Crippen molar-refractivity contribution >= 4 is 23.1 Å². The minimum atomic E-state index is -0.744. The second kappa shape index (κ2) is 3.84. The van der Waals surface area contributed by atoms with Crippen LogP contribution in [0.25, 0.3) is 0 Å². The van der Waals surface area contributed by atoms with Crippen LogP contribution in [0.15, 0.2) is 12.1 Å². The summed E-state index contributed by atoms with van der Waals surface area (Å²) in [5.74, 6) is 0.579. The van der Waals surface area contributed by atoms with E-state index in [2.05, 4.69) is 4.98 Å². The quantitative estimate of drug-likeness (QED) is 0.584. The second-order valence-corrected chi connectivity index (χ2v) is 4.01. The van der Waals surface area contributed by atoms with E-state index >= 15 is 0 Å². The molecule has 1 fully saturated rings. The van der Waals surface area contributed by atoms with Gasteiger partial charge in [-0.2, -0.15) is 0 Å². The van der Waals surface area contributed by atoms with Crippen LogP contribution < -0.4 is 10.6 Å². The highest BCUT2D eigenvalue weighted by Gasteiger charge is 2.30. The Balaban J connectivity index is 2.23. The fourth-order valence-electron chi connectivity index (χ4n) is 1.62. The number of hydrogen-bond donors (Lipinski definition) is 3. The van der Waals surface area contributed by atoms with E-state index in [1.54, 1.807) is 17.0 Å². The third-order valence-electron chi connectivity index (χ3n) is 2.39. The number of aliphatic hydroxyl groups is 2. The van der Waals surface area contributed by atoms with Crippen molar-refractivity contribution in [1.82, 2.24) is 4.98 Å². The topological polar surface area (TPSA) is 82.6 Å². The minimum Gasteiger partial charge on any atom is -0.399 e. The first-order valence-electron chi connectivity index (χ1n) is 4.60. The summed E-state index contributed by atoms with van der Waals surface area (Å²) >= 11 is 5.76. The number of anilines is 2. The zero-order valence-corrected chi connectivity index (χ0v) is 8.72. The molecular weight excluding hydrogens is 218 g/mol. The molecule has 15 heavy (non-hydrogen) atoms. The lowest BCUT2D eigenvalue weighted by Gasteiger charge is -2.16. The molecule has 0 aliphatic carbocycles. The van der Waals surface area contributed by atoms with Crippen LogP contribution in [0.2, 0.25) is 5.15 Å². The molecule has 0 aromatic carbocycles. The number of rotatable bonds is 1. The van der Waals surface area contributed by atoms with Crippen LogP contribution in [-0.2, 0) is 0 Å². The van der Waals surface area contributed by atoms with Crippen LogP contribution in [0.3, 0.4) is 0 Å². The van der Waals surface area contributed by atoms with Gasteiger partial charge in [0.1, 0.15) is 11.0 Å². The van der Waals surface area contributed by atoms with Crippen molar-refractivity contribution in [3.8, 4) is 0 Å². The molecule has 1 aliphatic rings. The van der Waals surface area contributed by atoms with Gasteiger partial charge in [-0.3, -0.25) is 0 Å². The molecule has 2 rings (SSSR count). The smallest absolute Gasteiger partial charge is 0.133 e. The molecule has 1 aromatic rings. The van der Waals surface area contributed by atoms with E-state index < -0.39 is 12.2 Å². The van der Waals surface area contributed by atoms with E-state index in [4.69, 9.17) is 17.3 Å². The van der Waals surface area contributed by atoms with Crippen molar-refractivity contribution in [3.63, 3.8) is 0 Å². The molecule has 2 heterocycles. The van der Waals surface area contributed by atoms with Gasteiger partial charge in [0.05, 0.1) is 12.2 Å². The second-order valence-electron chi connectivity index (χ2n) is 3.62. The predicted molar refractivity (Wildman–Crippen MR) is 57.9 cm³/mol. The summed E-state index contributed by atoms with van der Waals surface area (Å²) in [6.45, 7) is 0.682. The highest BCUT2D eigenvalue weighted by Crippen LogP contribution is 2.23. The zero-order chi connectivity index (χ0) is 11.0. The Morgan fingerprint density at radius 3 is 2.47 bits per heavy atom. The van der Waals surface area contributed by atoms with Crippen molar-refractivity contribution in [2.24, 2.45) is 0 Å². The van der Waals surface area contributed by atoms with Gasteiger partial charge in [0, 0.05) is 24.8 Å². The molecule has 2 unspecified atom stereocenters. The van der Waals surface area contributed by atoms with Crippen LogP contribution in [0.5, 0.6) is 0 Å². The molecule has 0 saturated carbocycles. The maximum Gasteiger partial charge on any atom is 0.133 e. The van der Waals surface area contributed by atoms with Gasteiger partial charge in [-0.1, -0.05) is 11.6 Å². The lowest BCUT2D eigenvalue weighted by molar-refractivity contribution is 0.0572. The summed E-state index contributed by atoms with van der Waals surface area (Å²) in [7, 11) is 0. The molecule has 1 aliphatic heterocycles. The van der Waals surface area contributed by atoms with E-state index in [1.807, 2.05) is 0 Å². The molecule has 5 nitrogen and oxygen atoms in total. The molecule has 82 valence electrons. The summed E-state index contributed by atoms with van der Waals surface area (Å²) in [6.07, 6.45) is -1.49. The van der Waals surface area contributed by atoms with Gasteiger partial charge < -0.3 is 20.8 Å². The predicted octanol–water partition coefficient (Wildman–Crippen LogP) is -0.141. The van der Waals surface area contributed by atoms with Crippen molar-refractivity contribution in [3.05, 3.63) is 17.3 Å². The number of nitrogens with zero attached hydrogens (tertiary/aromatic N) is 2. The molecule has 0 spiro atoms. The molecule has 6 heteroatoms. The molecule has 1 aromatic heterocycles. The van der Waals surface area contributed by atoms with E-state index in [9.17, 15) is 10.2 Å². The monoisotopic (exact) mass is 229 g/mol. The highest BCUT2D eigenvalue weighted by molar-refractivity contribution is 6.29. The number of pyridine rings is 1. The Hall–Kier alpha value is -1.04. The number of β-amino-alcohol motifs (C(OH)–C–C–N with tert-alkyl or cyclic N) is 2. The van der Waals surface area contributed by atoms with E-state index in [1.165, 1.54) is 0 Å². The molecule has 1 saturated heterocycles. The molecule has 0 amide bonds. The number of hydrogen-bond acceptors (Lipinski definition) is 5. The number of aliphatic hydroxyl groups excluding tert-OH is 2. The molecule has 4 N–H and O–H groups in total. The van der Waals surface area contributed by atoms with Crippen LogP contribution >= 0.6 is 11.6 Å². The minimum absolute atomic E-state index is 0.306.